The lowest BCUT2D eigenvalue weighted by Crippen LogP contribution is -2.34. The molecule has 0 aliphatic carbocycles. The minimum absolute atomic E-state index is 0.0900. The Morgan fingerprint density at radius 1 is 1.07 bits per heavy atom. The highest BCUT2D eigenvalue weighted by atomic mass is 19.1. The van der Waals surface area contributed by atoms with Crippen molar-refractivity contribution >= 4 is 17.7 Å². The molecule has 2 aromatic rings. The van der Waals surface area contributed by atoms with Crippen LogP contribution in [-0.2, 0) is 9.53 Å². The Hall–Kier alpha value is -3.42. The molecule has 0 saturated heterocycles. The molecule has 140 valence electrons. The number of esters is 1. The van der Waals surface area contributed by atoms with Crippen LogP contribution in [0.5, 0.6) is 11.5 Å². The Bertz CT molecular complexity index is 880. The number of nitrogens with one attached hydrogen (secondary N) is 1. The number of amides is 1. The molecule has 0 unspecified atom stereocenters. The first-order valence-corrected chi connectivity index (χ1v) is 8.11. The third-order valence-corrected chi connectivity index (χ3v) is 3.83. The fourth-order valence-corrected chi connectivity index (χ4v) is 2.43. The van der Waals surface area contributed by atoms with Gasteiger partial charge in [0.05, 0.1) is 0 Å². The summed E-state index contributed by atoms with van der Waals surface area (Å²) in [6.45, 7) is 1.09. The summed E-state index contributed by atoms with van der Waals surface area (Å²) in [6, 6.07) is 9.55. The van der Waals surface area contributed by atoms with Gasteiger partial charge in [0.2, 0.25) is 12.6 Å². The molecule has 0 radical (unpaired) electrons. The molecule has 27 heavy (non-hydrogen) atoms. The van der Waals surface area contributed by atoms with Gasteiger partial charge >= 0.3 is 5.97 Å². The number of carbonyl (C=O) groups excluding carboxylic acids is 3. The second-order valence-electron chi connectivity index (χ2n) is 5.75. The third kappa shape index (κ3) is 4.41. The van der Waals surface area contributed by atoms with Gasteiger partial charge in [0.1, 0.15) is 12.4 Å². The standard InChI is InChI=1S/C19H16FNO6/c1-11(18(23)12-2-5-14(20)6-3-12)27-17(22)9-21-19(24)13-4-7-15-16(8-13)26-10-25-15/h2-8,11H,9-10H2,1H3,(H,21,24)/t11-/m0/s1. The molecule has 8 heteroatoms. The molecule has 0 spiro atoms. The Morgan fingerprint density at radius 2 is 1.74 bits per heavy atom. The quantitative estimate of drug-likeness (QED) is 0.616. The van der Waals surface area contributed by atoms with Gasteiger partial charge in [-0.3, -0.25) is 14.4 Å². The number of hydrogen-bond acceptors (Lipinski definition) is 6. The van der Waals surface area contributed by atoms with Gasteiger partial charge in [-0.05, 0) is 49.4 Å². The number of halogens is 1. The summed E-state index contributed by atoms with van der Waals surface area (Å²) in [5, 5.41) is 2.41. The van der Waals surface area contributed by atoms with Crippen LogP contribution in [0.2, 0.25) is 0 Å². The zero-order chi connectivity index (χ0) is 19.4. The summed E-state index contributed by atoms with van der Waals surface area (Å²) in [5.74, 6) is -1.22. The predicted octanol–water partition coefficient (Wildman–Crippen LogP) is 2.10. The average molecular weight is 373 g/mol. The minimum Gasteiger partial charge on any atom is -0.454 e. The SMILES string of the molecule is C[C@H](OC(=O)CNC(=O)c1ccc2c(c1)OCO2)C(=O)c1ccc(F)cc1. The van der Waals surface area contributed by atoms with Crippen LogP contribution in [0.15, 0.2) is 42.5 Å². The molecule has 7 nitrogen and oxygen atoms in total. The monoisotopic (exact) mass is 373 g/mol. The number of ether oxygens (including phenoxy) is 3. The molecule has 3 rings (SSSR count). The highest BCUT2D eigenvalue weighted by Crippen LogP contribution is 2.32. The molecule has 1 atom stereocenters. The topological polar surface area (TPSA) is 90.9 Å². The fourth-order valence-electron chi connectivity index (χ4n) is 2.43. The maximum Gasteiger partial charge on any atom is 0.326 e. The largest absolute Gasteiger partial charge is 0.454 e. The summed E-state index contributed by atoms with van der Waals surface area (Å²) in [4.78, 5) is 36.1. The van der Waals surface area contributed by atoms with Crippen molar-refractivity contribution in [2.75, 3.05) is 13.3 Å². The highest BCUT2D eigenvalue weighted by Gasteiger charge is 2.21. The number of fused-ring (bicyclic) bond motifs is 1. The van der Waals surface area contributed by atoms with Crippen LogP contribution in [0, 0.1) is 5.82 Å². The van der Waals surface area contributed by atoms with Crippen LogP contribution in [0.3, 0.4) is 0 Å². The fraction of sp³-hybridized carbons (Fsp3) is 0.211. The Balaban J connectivity index is 1.50. The lowest BCUT2D eigenvalue weighted by atomic mass is 10.1. The van der Waals surface area contributed by atoms with E-state index in [0.717, 1.165) is 12.1 Å². The molecule has 1 amide bonds. The van der Waals surface area contributed by atoms with Gasteiger partial charge in [0.15, 0.2) is 17.6 Å². The number of hydrogen-bond donors (Lipinski definition) is 1. The number of carbonyl (C=O) groups is 3. The zero-order valence-corrected chi connectivity index (χ0v) is 14.4. The second kappa shape index (κ2) is 7.86. The molecule has 2 aromatic carbocycles. The molecular weight excluding hydrogens is 357 g/mol. The number of Topliss-reactive ketones (excluding diaryl/α,β-unsaturated/α-hetero) is 1. The number of rotatable bonds is 6. The first-order valence-electron chi connectivity index (χ1n) is 8.11. The Kier molecular flexibility index (Phi) is 5.35. The van der Waals surface area contributed by atoms with E-state index in [0.29, 0.717) is 17.1 Å². The van der Waals surface area contributed by atoms with Gasteiger partial charge in [-0.15, -0.1) is 0 Å². The van der Waals surface area contributed by atoms with Gasteiger partial charge in [0, 0.05) is 11.1 Å². The predicted molar refractivity (Wildman–Crippen MR) is 91.2 cm³/mol. The lowest BCUT2D eigenvalue weighted by molar-refractivity contribution is -0.145. The van der Waals surface area contributed by atoms with Crippen molar-refractivity contribution in [2.45, 2.75) is 13.0 Å². The van der Waals surface area contributed by atoms with Crippen LogP contribution in [-0.4, -0.2) is 37.1 Å². The first-order chi connectivity index (χ1) is 12.9. The van der Waals surface area contributed by atoms with Crippen molar-refractivity contribution in [3.63, 3.8) is 0 Å². The van der Waals surface area contributed by atoms with Crippen LogP contribution in [0.1, 0.15) is 27.6 Å². The number of ketones is 1. The van der Waals surface area contributed by atoms with Crippen molar-refractivity contribution in [2.24, 2.45) is 0 Å². The van der Waals surface area contributed by atoms with E-state index in [9.17, 15) is 18.8 Å². The smallest absolute Gasteiger partial charge is 0.326 e. The van der Waals surface area contributed by atoms with E-state index >= 15 is 0 Å². The van der Waals surface area contributed by atoms with Crippen LogP contribution < -0.4 is 14.8 Å². The molecule has 0 saturated carbocycles. The van der Waals surface area contributed by atoms with Crippen molar-refractivity contribution in [3.05, 3.63) is 59.4 Å². The number of benzene rings is 2. The Morgan fingerprint density at radius 3 is 2.48 bits per heavy atom. The molecule has 0 fully saturated rings. The van der Waals surface area contributed by atoms with Gasteiger partial charge in [-0.25, -0.2) is 4.39 Å². The summed E-state index contributed by atoms with van der Waals surface area (Å²) in [6.07, 6.45) is -1.06. The normalized spacial score (nSPS) is 13.0. The van der Waals surface area contributed by atoms with Gasteiger partial charge < -0.3 is 19.5 Å². The summed E-state index contributed by atoms with van der Waals surface area (Å²) >= 11 is 0. The van der Waals surface area contributed by atoms with E-state index in [1.807, 2.05) is 0 Å². The van der Waals surface area contributed by atoms with E-state index in [1.165, 1.54) is 31.2 Å². The minimum atomic E-state index is -1.06. The molecule has 1 aliphatic rings. The van der Waals surface area contributed by atoms with Gasteiger partial charge in [-0.2, -0.15) is 0 Å². The van der Waals surface area contributed by atoms with Gasteiger partial charge in [0.25, 0.3) is 5.91 Å². The third-order valence-electron chi connectivity index (χ3n) is 3.83. The first kappa shape index (κ1) is 18.4. The molecule has 1 N–H and O–H groups in total. The molecule has 1 aliphatic heterocycles. The van der Waals surface area contributed by atoms with Crippen LogP contribution >= 0.6 is 0 Å². The van der Waals surface area contributed by atoms with Crippen molar-refractivity contribution in [3.8, 4) is 11.5 Å². The lowest BCUT2D eigenvalue weighted by Gasteiger charge is -2.13. The van der Waals surface area contributed by atoms with E-state index in [1.54, 1.807) is 6.07 Å². The maximum atomic E-state index is 12.9. The van der Waals surface area contributed by atoms with Gasteiger partial charge in [-0.1, -0.05) is 0 Å². The van der Waals surface area contributed by atoms with E-state index in [-0.39, 0.29) is 12.4 Å². The summed E-state index contributed by atoms with van der Waals surface area (Å²) < 4.78 is 28.3. The molecule has 1 heterocycles. The second-order valence-corrected chi connectivity index (χ2v) is 5.75. The molecule has 0 aromatic heterocycles. The van der Waals surface area contributed by atoms with Crippen LogP contribution in [0.4, 0.5) is 4.39 Å². The van der Waals surface area contributed by atoms with E-state index in [4.69, 9.17) is 14.2 Å². The Labute approximate surface area is 154 Å². The van der Waals surface area contributed by atoms with Crippen molar-refractivity contribution in [1.82, 2.24) is 5.32 Å². The van der Waals surface area contributed by atoms with E-state index in [2.05, 4.69) is 5.32 Å². The molecule has 0 bridgehead atoms. The van der Waals surface area contributed by atoms with E-state index < -0.39 is 36.1 Å². The van der Waals surface area contributed by atoms with Crippen molar-refractivity contribution in [1.29, 1.82) is 0 Å². The van der Waals surface area contributed by atoms with Crippen molar-refractivity contribution < 1.29 is 33.0 Å². The summed E-state index contributed by atoms with van der Waals surface area (Å²) in [7, 11) is 0. The average Bonchev–Trinajstić information content (AvgIpc) is 3.13. The summed E-state index contributed by atoms with van der Waals surface area (Å²) in [5.41, 5.74) is 0.517. The maximum absolute atomic E-state index is 12.9. The highest BCUT2D eigenvalue weighted by molar-refractivity contribution is 6.00. The van der Waals surface area contributed by atoms with Crippen LogP contribution in [0.25, 0.3) is 0 Å². The molecular formula is C19H16FNO6. The zero-order valence-electron chi connectivity index (χ0n) is 14.4.